The van der Waals surface area contributed by atoms with E-state index >= 15 is 0 Å². The molecule has 1 atom stereocenters. The maximum Gasteiger partial charge on any atom is 0.239 e. The van der Waals surface area contributed by atoms with Gasteiger partial charge in [-0.3, -0.25) is 9.59 Å². The van der Waals surface area contributed by atoms with Gasteiger partial charge in [-0.05, 0) is 49.1 Å². The van der Waals surface area contributed by atoms with Crippen molar-refractivity contribution in [2.45, 2.75) is 31.3 Å². The molecule has 0 heterocycles. The largest absolute Gasteiger partial charge is 0.457 e. The van der Waals surface area contributed by atoms with Gasteiger partial charge in [-0.1, -0.05) is 30.3 Å². The van der Waals surface area contributed by atoms with E-state index in [9.17, 15) is 9.59 Å². The van der Waals surface area contributed by atoms with Gasteiger partial charge in [-0.2, -0.15) is 0 Å². The molecule has 1 unspecified atom stereocenters. The molecule has 1 aliphatic rings. The molecule has 6 heteroatoms. The molecule has 136 valence electrons. The van der Waals surface area contributed by atoms with E-state index in [0.29, 0.717) is 12.2 Å². The van der Waals surface area contributed by atoms with E-state index in [1.165, 1.54) is 0 Å². The van der Waals surface area contributed by atoms with Crippen LogP contribution in [-0.2, 0) is 16.0 Å². The lowest BCUT2D eigenvalue weighted by Crippen LogP contribution is -2.46. The van der Waals surface area contributed by atoms with E-state index in [4.69, 9.17) is 10.5 Å². The molecule has 2 amide bonds. The molecule has 0 aromatic heterocycles. The monoisotopic (exact) mass is 353 g/mol. The molecule has 4 N–H and O–H groups in total. The summed E-state index contributed by atoms with van der Waals surface area (Å²) in [6.07, 6.45) is 2.39. The van der Waals surface area contributed by atoms with Crippen LogP contribution in [-0.4, -0.2) is 30.4 Å². The topological polar surface area (TPSA) is 93.4 Å². The second-order valence-electron chi connectivity index (χ2n) is 6.43. The summed E-state index contributed by atoms with van der Waals surface area (Å²) in [6.45, 7) is -0.0415. The molecule has 26 heavy (non-hydrogen) atoms. The van der Waals surface area contributed by atoms with E-state index in [2.05, 4.69) is 10.6 Å². The molecule has 0 radical (unpaired) electrons. The standard InChI is InChI=1S/C20H23N3O3/c21-18(20(25)22-13-19(24)23-15-9-10-15)12-14-5-4-8-17(11-14)26-16-6-2-1-3-7-16/h1-8,11,15,18H,9-10,12-13,21H2,(H,22,25)(H,23,24). The highest BCUT2D eigenvalue weighted by Gasteiger charge is 2.23. The fraction of sp³-hybridized carbons (Fsp3) is 0.300. The zero-order valence-corrected chi connectivity index (χ0v) is 14.5. The molecule has 1 saturated carbocycles. The first-order valence-electron chi connectivity index (χ1n) is 8.74. The summed E-state index contributed by atoms with van der Waals surface area (Å²) in [5, 5.41) is 5.40. The van der Waals surface area contributed by atoms with E-state index in [-0.39, 0.29) is 24.4 Å². The number of benzene rings is 2. The van der Waals surface area contributed by atoms with Crippen molar-refractivity contribution in [1.82, 2.24) is 10.6 Å². The van der Waals surface area contributed by atoms with Crippen LogP contribution in [0.1, 0.15) is 18.4 Å². The van der Waals surface area contributed by atoms with Crippen molar-refractivity contribution in [3.8, 4) is 11.5 Å². The number of nitrogens with one attached hydrogen (secondary N) is 2. The van der Waals surface area contributed by atoms with Crippen molar-refractivity contribution >= 4 is 11.8 Å². The van der Waals surface area contributed by atoms with E-state index in [1.54, 1.807) is 0 Å². The highest BCUT2D eigenvalue weighted by Crippen LogP contribution is 2.22. The molecule has 0 bridgehead atoms. The number of carbonyl (C=O) groups excluding carboxylic acids is 2. The molecule has 1 aliphatic carbocycles. The third-order valence-corrected chi connectivity index (χ3v) is 4.04. The summed E-state index contributed by atoms with van der Waals surface area (Å²) < 4.78 is 5.79. The van der Waals surface area contributed by atoms with E-state index in [0.717, 1.165) is 24.2 Å². The smallest absolute Gasteiger partial charge is 0.239 e. The van der Waals surface area contributed by atoms with Crippen molar-refractivity contribution < 1.29 is 14.3 Å². The SMILES string of the molecule is NC(Cc1cccc(Oc2ccccc2)c1)C(=O)NCC(=O)NC1CC1. The fourth-order valence-corrected chi connectivity index (χ4v) is 2.51. The van der Waals surface area contributed by atoms with Crippen molar-refractivity contribution in [3.63, 3.8) is 0 Å². The van der Waals surface area contributed by atoms with Gasteiger partial charge in [0.25, 0.3) is 0 Å². The zero-order valence-electron chi connectivity index (χ0n) is 14.5. The first-order chi connectivity index (χ1) is 12.6. The number of amides is 2. The molecular weight excluding hydrogens is 330 g/mol. The van der Waals surface area contributed by atoms with Gasteiger partial charge in [0, 0.05) is 6.04 Å². The highest BCUT2D eigenvalue weighted by molar-refractivity contribution is 5.87. The van der Waals surface area contributed by atoms with Crippen molar-refractivity contribution in [3.05, 3.63) is 60.2 Å². The molecule has 0 saturated heterocycles. The Morgan fingerprint density at radius 3 is 2.54 bits per heavy atom. The van der Waals surface area contributed by atoms with Gasteiger partial charge in [0.15, 0.2) is 0 Å². The van der Waals surface area contributed by atoms with Gasteiger partial charge in [0.2, 0.25) is 11.8 Å². The van der Waals surface area contributed by atoms with Crippen molar-refractivity contribution in [2.24, 2.45) is 5.73 Å². The summed E-state index contributed by atoms with van der Waals surface area (Å²) in [5.74, 6) is 0.912. The first kappa shape index (κ1) is 17.9. The number of ether oxygens (including phenoxy) is 1. The summed E-state index contributed by atoms with van der Waals surface area (Å²) >= 11 is 0. The Kier molecular flexibility index (Phi) is 5.86. The Labute approximate surface area is 152 Å². The molecule has 2 aromatic rings. The number of hydrogen-bond donors (Lipinski definition) is 3. The van der Waals surface area contributed by atoms with Gasteiger partial charge in [0.1, 0.15) is 11.5 Å². The van der Waals surface area contributed by atoms with Crippen molar-refractivity contribution in [1.29, 1.82) is 0 Å². The lowest BCUT2D eigenvalue weighted by Gasteiger charge is -2.13. The van der Waals surface area contributed by atoms with Gasteiger partial charge < -0.3 is 21.1 Å². The molecule has 1 fully saturated rings. The minimum Gasteiger partial charge on any atom is -0.457 e. The van der Waals surface area contributed by atoms with Crippen LogP contribution < -0.4 is 21.1 Å². The molecule has 0 aliphatic heterocycles. The predicted octanol–water partition coefficient (Wildman–Crippen LogP) is 1.74. The number of para-hydroxylation sites is 1. The van der Waals surface area contributed by atoms with Crippen LogP contribution >= 0.6 is 0 Å². The van der Waals surface area contributed by atoms with Crippen LogP contribution in [0.2, 0.25) is 0 Å². The Hall–Kier alpha value is -2.86. The minimum atomic E-state index is -0.726. The number of hydrogen-bond acceptors (Lipinski definition) is 4. The zero-order chi connectivity index (χ0) is 18.4. The molecule has 6 nitrogen and oxygen atoms in total. The third kappa shape index (κ3) is 5.60. The van der Waals surface area contributed by atoms with E-state index < -0.39 is 6.04 Å². The van der Waals surface area contributed by atoms with Gasteiger partial charge in [-0.15, -0.1) is 0 Å². The Balaban J connectivity index is 1.49. The third-order valence-electron chi connectivity index (χ3n) is 4.04. The molecular formula is C20H23N3O3. The lowest BCUT2D eigenvalue weighted by molar-refractivity contribution is -0.126. The maximum absolute atomic E-state index is 12.1. The van der Waals surface area contributed by atoms with Gasteiger partial charge in [0.05, 0.1) is 12.6 Å². The summed E-state index contributed by atoms with van der Waals surface area (Å²) in [7, 11) is 0. The predicted molar refractivity (Wildman–Crippen MR) is 98.8 cm³/mol. The normalized spacial score (nSPS) is 14.3. The summed E-state index contributed by atoms with van der Waals surface area (Å²) in [6, 6.07) is 16.5. The average Bonchev–Trinajstić information content (AvgIpc) is 3.45. The second kappa shape index (κ2) is 8.49. The van der Waals surface area contributed by atoms with Crippen molar-refractivity contribution in [2.75, 3.05) is 6.54 Å². The lowest BCUT2D eigenvalue weighted by atomic mass is 10.1. The van der Waals surface area contributed by atoms with Crippen LogP contribution in [0.4, 0.5) is 0 Å². The first-order valence-corrected chi connectivity index (χ1v) is 8.74. The molecule has 3 rings (SSSR count). The van der Waals surface area contributed by atoms with Crippen LogP contribution in [0, 0.1) is 0 Å². The quantitative estimate of drug-likeness (QED) is 0.674. The van der Waals surface area contributed by atoms with Gasteiger partial charge in [-0.25, -0.2) is 0 Å². The second-order valence-corrected chi connectivity index (χ2v) is 6.43. The van der Waals surface area contributed by atoms with Crippen LogP contribution in [0.5, 0.6) is 11.5 Å². The minimum absolute atomic E-state index is 0.0415. The Bertz CT molecular complexity index is 760. The van der Waals surface area contributed by atoms with Crippen LogP contribution in [0.25, 0.3) is 0 Å². The number of carbonyl (C=O) groups is 2. The summed E-state index contributed by atoms with van der Waals surface area (Å²) in [5.41, 5.74) is 6.86. The average molecular weight is 353 g/mol. The molecule has 0 spiro atoms. The van der Waals surface area contributed by atoms with Crippen LogP contribution in [0.15, 0.2) is 54.6 Å². The maximum atomic E-state index is 12.1. The molecule has 2 aromatic carbocycles. The van der Waals surface area contributed by atoms with E-state index in [1.807, 2.05) is 54.6 Å². The van der Waals surface area contributed by atoms with Crippen LogP contribution in [0.3, 0.4) is 0 Å². The number of nitrogens with two attached hydrogens (primary N) is 1. The Morgan fingerprint density at radius 1 is 1.08 bits per heavy atom. The Morgan fingerprint density at radius 2 is 1.81 bits per heavy atom. The fourth-order valence-electron chi connectivity index (χ4n) is 2.51. The summed E-state index contributed by atoms with van der Waals surface area (Å²) in [4.78, 5) is 23.7. The number of rotatable bonds is 8. The highest BCUT2D eigenvalue weighted by atomic mass is 16.5. The van der Waals surface area contributed by atoms with Gasteiger partial charge >= 0.3 is 0 Å².